The maximum atomic E-state index is 12.9. The fraction of sp³-hybridized carbons (Fsp3) is 0.200. The zero-order valence-electron chi connectivity index (χ0n) is 18.0. The Labute approximate surface area is 192 Å². The second-order valence-corrected chi connectivity index (χ2v) is 7.51. The minimum atomic E-state index is -0.271. The predicted octanol–water partition coefficient (Wildman–Crippen LogP) is 5.22. The molecule has 0 aliphatic carbocycles. The summed E-state index contributed by atoms with van der Waals surface area (Å²) in [5.74, 6) is -0.395. The summed E-state index contributed by atoms with van der Waals surface area (Å²) in [7, 11) is 1.57. The van der Waals surface area contributed by atoms with Crippen LogP contribution in [0.2, 0.25) is 5.02 Å². The molecule has 0 saturated heterocycles. The van der Waals surface area contributed by atoms with E-state index in [1.54, 1.807) is 37.4 Å². The lowest BCUT2D eigenvalue weighted by molar-refractivity contribution is -0.121. The number of anilines is 3. The number of hydrogen-bond donors (Lipinski definition) is 2. The van der Waals surface area contributed by atoms with Gasteiger partial charge in [-0.15, -0.1) is 0 Å². The van der Waals surface area contributed by atoms with E-state index in [9.17, 15) is 9.59 Å². The van der Waals surface area contributed by atoms with E-state index in [4.69, 9.17) is 21.1 Å². The van der Waals surface area contributed by atoms with E-state index in [0.717, 1.165) is 5.56 Å². The summed E-state index contributed by atoms with van der Waals surface area (Å²) >= 11 is 6.44. The maximum absolute atomic E-state index is 12.9. The number of ketones is 1. The van der Waals surface area contributed by atoms with Gasteiger partial charge < -0.3 is 20.1 Å². The number of ether oxygens (including phenoxy) is 2. The Morgan fingerprint density at radius 1 is 0.906 bits per heavy atom. The first-order valence-corrected chi connectivity index (χ1v) is 10.5. The largest absolute Gasteiger partial charge is 0.382 e. The molecule has 166 valence electrons. The first-order chi connectivity index (χ1) is 15.5. The summed E-state index contributed by atoms with van der Waals surface area (Å²) in [4.78, 5) is 25.0. The molecule has 0 aliphatic heterocycles. The zero-order valence-corrected chi connectivity index (χ0v) is 18.7. The highest BCUT2D eigenvalue weighted by Gasteiger charge is 2.15. The number of hydrogen-bond acceptors (Lipinski definition) is 5. The highest BCUT2D eigenvalue weighted by Crippen LogP contribution is 2.29. The van der Waals surface area contributed by atoms with Gasteiger partial charge in [-0.3, -0.25) is 9.59 Å². The first kappa shape index (κ1) is 23.5. The van der Waals surface area contributed by atoms with Crippen molar-refractivity contribution >= 4 is 40.4 Å². The number of carbonyl (C=O) groups is 2. The summed E-state index contributed by atoms with van der Waals surface area (Å²) in [5.41, 5.74) is 3.93. The summed E-state index contributed by atoms with van der Waals surface area (Å²) in [6.07, 6.45) is 0. The van der Waals surface area contributed by atoms with E-state index < -0.39 is 0 Å². The second kappa shape index (κ2) is 11.4. The number of amides is 1. The number of aryl methyl sites for hydroxylation is 1. The van der Waals surface area contributed by atoms with Crippen LogP contribution in [0.4, 0.5) is 17.1 Å². The highest BCUT2D eigenvalue weighted by atomic mass is 35.5. The number of carbonyl (C=O) groups excluding carboxylic acids is 2. The third-order valence-electron chi connectivity index (χ3n) is 4.75. The van der Waals surface area contributed by atoms with Crippen molar-refractivity contribution in [3.8, 4) is 0 Å². The Balaban J connectivity index is 1.72. The molecular formula is C25H25ClN2O4. The fourth-order valence-electron chi connectivity index (χ4n) is 3.10. The lowest BCUT2D eigenvalue weighted by atomic mass is 9.99. The molecule has 1 amide bonds. The molecule has 2 N–H and O–H groups in total. The Bertz CT molecular complexity index is 1100. The molecule has 0 radical (unpaired) electrons. The van der Waals surface area contributed by atoms with Crippen LogP contribution in [0.5, 0.6) is 0 Å². The standard InChI is InChI=1S/C25H25ClN2O4/c1-17-7-3-4-8-19(17)25(30)20-12-11-18(15-21(20)26)27-22-9-5-6-10-23(22)28-24(29)16-32-14-13-31-2/h3-12,15,27H,13-14,16H2,1-2H3,(H,28,29). The number of para-hydroxylation sites is 2. The van der Waals surface area contributed by atoms with Crippen LogP contribution < -0.4 is 10.6 Å². The molecule has 0 bridgehead atoms. The Morgan fingerprint density at radius 3 is 2.34 bits per heavy atom. The quantitative estimate of drug-likeness (QED) is 0.325. The van der Waals surface area contributed by atoms with Gasteiger partial charge in [-0.05, 0) is 42.8 Å². The number of halogens is 1. The average molecular weight is 453 g/mol. The summed E-state index contributed by atoms with van der Waals surface area (Å²) in [6.45, 7) is 2.59. The predicted molar refractivity (Wildman–Crippen MR) is 127 cm³/mol. The molecule has 0 saturated carbocycles. The van der Waals surface area contributed by atoms with Gasteiger partial charge in [0.15, 0.2) is 5.78 Å². The van der Waals surface area contributed by atoms with Crippen LogP contribution in [0, 0.1) is 6.92 Å². The first-order valence-electron chi connectivity index (χ1n) is 10.1. The van der Waals surface area contributed by atoms with Crippen molar-refractivity contribution < 1.29 is 19.1 Å². The molecule has 6 nitrogen and oxygen atoms in total. The molecule has 7 heteroatoms. The van der Waals surface area contributed by atoms with Crippen molar-refractivity contribution in [3.63, 3.8) is 0 Å². The molecule has 0 aliphatic rings. The number of nitrogens with one attached hydrogen (secondary N) is 2. The number of benzene rings is 3. The second-order valence-electron chi connectivity index (χ2n) is 7.10. The van der Waals surface area contributed by atoms with Crippen LogP contribution >= 0.6 is 11.6 Å². The smallest absolute Gasteiger partial charge is 0.250 e. The van der Waals surface area contributed by atoms with E-state index in [1.807, 2.05) is 43.3 Å². The Kier molecular flexibility index (Phi) is 8.39. The third kappa shape index (κ3) is 6.17. The lowest BCUT2D eigenvalue weighted by Crippen LogP contribution is -2.20. The monoisotopic (exact) mass is 452 g/mol. The van der Waals surface area contributed by atoms with E-state index >= 15 is 0 Å². The molecule has 3 aromatic carbocycles. The van der Waals surface area contributed by atoms with Gasteiger partial charge in [0, 0.05) is 23.9 Å². The molecule has 3 rings (SSSR count). The molecule has 0 unspecified atom stereocenters. The summed E-state index contributed by atoms with van der Waals surface area (Å²) < 4.78 is 10.1. The van der Waals surface area contributed by atoms with Crippen molar-refractivity contribution in [3.05, 3.63) is 88.4 Å². The topological polar surface area (TPSA) is 76.7 Å². The van der Waals surface area contributed by atoms with E-state index in [0.29, 0.717) is 46.4 Å². The Morgan fingerprint density at radius 2 is 1.62 bits per heavy atom. The van der Waals surface area contributed by atoms with Gasteiger partial charge in [0.25, 0.3) is 0 Å². The van der Waals surface area contributed by atoms with Crippen LogP contribution in [0.25, 0.3) is 0 Å². The van der Waals surface area contributed by atoms with Crippen molar-refractivity contribution in [1.82, 2.24) is 0 Å². The van der Waals surface area contributed by atoms with Crippen molar-refractivity contribution in [2.24, 2.45) is 0 Å². The zero-order chi connectivity index (χ0) is 22.9. The van der Waals surface area contributed by atoms with Crippen LogP contribution in [-0.4, -0.2) is 38.6 Å². The van der Waals surface area contributed by atoms with E-state index in [2.05, 4.69) is 10.6 Å². The summed E-state index contributed by atoms with van der Waals surface area (Å²) in [5, 5.41) is 6.41. The maximum Gasteiger partial charge on any atom is 0.250 e. The molecule has 0 fully saturated rings. The number of methoxy groups -OCH3 is 1. The minimum absolute atomic E-state index is 0.0702. The van der Waals surface area contributed by atoms with E-state index in [-0.39, 0.29) is 18.3 Å². The molecule has 32 heavy (non-hydrogen) atoms. The molecule has 0 spiro atoms. The SMILES string of the molecule is COCCOCC(=O)Nc1ccccc1Nc1ccc(C(=O)c2ccccc2C)c(Cl)c1. The summed E-state index contributed by atoms with van der Waals surface area (Å²) in [6, 6.07) is 19.9. The number of rotatable bonds is 10. The molecule has 0 atom stereocenters. The normalized spacial score (nSPS) is 10.6. The molecule has 0 aromatic heterocycles. The van der Waals surface area contributed by atoms with Crippen LogP contribution in [0.1, 0.15) is 21.5 Å². The molecule has 0 heterocycles. The van der Waals surface area contributed by atoms with Gasteiger partial charge in [-0.1, -0.05) is 48.0 Å². The van der Waals surface area contributed by atoms with Crippen LogP contribution in [0.15, 0.2) is 66.7 Å². The highest BCUT2D eigenvalue weighted by molar-refractivity contribution is 6.35. The average Bonchev–Trinajstić information content (AvgIpc) is 2.78. The Hall–Kier alpha value is -3.19. The van der Waals surface area contributed by atoms with E-state index in [1.165, 1.54) is 0 Å². The van der Waals surface area contributed by atoms with Crippen molar-refractivity contribution in [1.29, 1.82) is 0 Å². The molecular weight excluding hydrogens is 428 g/mol. The molecule has 3 aromatic rings. The van der Waals surface area contributed by atoms with Crippen molar-refractivity contribution in [2.45, 2.75) is 6.92 Å². The van der Waals surface area contributed by atoms with Crippen LogP contribution in [-0.2, 0) is 14.3 Å². The van der Waals surface area contributed by atoms with Crippen molar-refractivity contribution in [2.75, 3.05) is 37.6 Å². The van der Waals surface area contributed by atoms with Gasteiger partial charge in [0.05, 0.1) is 29.6 Å². The van der Waals surface area contributed by atoms with Gasteiger partial charge in [0.1, 0.15) is 6.61 Å². The fourth-order valence-corrected chi connectivity index (χ4v) is 3.37. The van der Waals surface area contributed by atoms with Gasteiger partial charge in [-0.25, -0.2) is 0 Å². The van der Waals surface area contributed by atoms with Gasteiger partial charge in [-0.2, -0.15) is 0 Å². The van der Waals surface area contributed by atoms with Gasteiger partial charge >= 0.3 is 0 Å². The van der Waals surface area contributed by atoms with Gasteiger partial charge in [0.2, 0.25) is 5.91 Å². The lowest BCUT2D eigenvalue weighted by Gasteiger charge is -2.14. The third-order valence-corrected chi connectivity index (χ3v) is 5.06. The minimum Gasteiger partial charge on any atom is -0.382 e. The van der Waals surface area contributed by atoms with Crippen LogP contribution in [0.3, 0.4) is 0 Å².